The lowest BCUT2D eigenvalue weighted by atomic mass is 10.1. The van der Waals surface area contributed by atoms with Gasteiger partial charge in [0.25, 0.3) is 0 Å². The third-order valence-corrected chi connectivity index (χ3v) is 6.74. The zero-order chi connectivity index (χ0) is 20.4. The van der Waals surface area contributed by atoms with Crippen LogP contribution in [0.2, 0.25) is 0 Å². The van der Waals surface area contributed by atoms with Crippen LogP contribution in [0.1, 0.15) is 12.8 Å². The van der Waals surface area contributed by atoms with E-state index in [1.807, 2.05) is 28.6 Å². The van der Waals surface area contributed by atoms with Gasteiger partial charge >= 0.3 is 0 Å². The van der Waals surface area contributed by atoms with E-state index in [9.17, 15) is 4.21 Å². The lowest BCUT2D eigenvalue weighted by Crippen LogP contribution is -2.39. The largest absolute Gasteiger partial charge is 0.438 e. The summed E-state index contributed by atoms with van der Waals surface area (Å²) in [6, 6.07) is 8.02. The molecule has 10 heteroatoms. The minimum absolute atomic E-state index is 0.281. The zero-order valence-corrected chi connectivity index (χ0v) is 19.2. The highest BCUT2D eigenvalue weighted by Gasteiger charge is 2.21. The summed E-state index contributed by atoms with van der Waals surface area (Å²) in [5.41, 5.74) is 0.758. The number of hydrogen-bond donors (Lipinski definition) is 1. The second kappa shape index (κ2) is 8.97. The number of ether oxygens (including phenoxy) is 1. The van der Waals surface area contributed by atoms with Gasteiger partial charge in [-0.05, 0) is 30.3 Å². The molecule has 0 saturated carbocycles. The molecule has 1 saturated heterocycles. The van der Waals surface area contributed by atoms with Gasteiger partial charge in [-0.2, -0.15) is 0 Å². The number of piperidine rings is 1. The SMILES string of the molecule is CS(=O)N1CCC(Nc2ncc3cc(Oc4ccc(P)cc4P)ncc3n2)CC1. The molecule has 152 valence electrons. The van der Waals surface area contributed by atoms with Gasteiger partial charge in [0, 0.05) is 48.3 Å². The van der Waals surface area contributed by atoms with E-state index in [0.29, 0.717) is 11.8 Å². The molecule has 2 aromatic heterocycles. The molecule has 3 unspecified atom stereocenters. The predicted octanol–water partition coefficient (Wildman–Crippen LogP) is 1.99. The lowest BCUT2D eigenvalue weighted by molar-refractivity contribution is 0.346. The van der Waals surface area contributed by atoms with Crippen LogP contribution in [0.25, 0.3) is 10.9 Å². The maximum absolute atomic E-state index is 11.6. The number of anilines is 1. The summed E-state index contributed by atoms with van der Waals surface area (Å²) in [5.74, 6) is 1.83. The molecular formula is C19H23N5O2P2S. The van der Waals surface area contributed by atoms with Gasteiger partial charge in [0.2, 0.25) is 11.8 Å². The maximum Gasteiger partial charge on any atom is 0.223 e. The predicted molar refractivity (Wildman–Crippen MR) is 125 cm³/mol. The van der Waals surface area contributed by atoms with E-state index < -0.39 is 11.0 Å². The molecule has 29 heavy (non-hydrogen) atoms. The lowest BCUT2D eigenvalue weighted by Gasteiger charge is -2.30. The second-order valence-electron chi connectivity index (χ2n) is 6.95. The van der Waals surface area contributed by atoms with Crippen LogP contribution in [-0.2, 0) is 11.0 Å². The molecule has 3 aromatic rings. The average Bonchev–Trinajstić information content (AvgIpc) is 2.70. The van der Waals surface area contributed by atoms with Crippen LogP contribution in [0.5, 0.6) is 11.6 Å². The molecule has 1 aliphatic rings. The number of aromatic nitrogens is 3. The highest BCUT2D eigenvalue weighted by atomic mass is 32.2. The van der Waals surface area contributed by atoms with Crippen molar-refractivity contribution in [1.29, 1.82) is 0 Å². The summed E-state index contributed by atoms with van der Waals surface area (Å²) in [5, 5.41) is 6.31. The smallest absolute Gasteiger partial charge is 0.223 e. The third kappa shape index (κ3) is 5.07. The van der Waals surface area contributed by atoms with E-state index in [1.165, 1.54) is 0 Å². The molecule has 0 radical (unpaired) electrons. The van der Waals surface area contributed by atoms with Crippen LogP contribution in [0.4, 0.5) is 5.95 Å². The number of pyridine rings is 1. The average molecular weight is 447 g/mol. The van der Waals surface area contributed by atoms with Crippen molar-refractivity contribution in [3.63, 3.8) is 0 Å². The van der Waals surface area contributed by atoms with Crippen molar-refractivity contribution < 1.29 is 8.95 Å². The molecule has 3 heterocycles. The van der Waals surface area contributed by atoms with E-state index in [2.05, 4.69) is 38.7 Å². The monoisotopic (exact) mass is 447 g/mol. The summed E-state index contributed by atoms with van der Waals surface area (Å²) in [7, 11) is 4.44. The van der Waals surface area contributed by atoms with Gasteiger partial charge in [0.15, 0.2) is 0 Å². The van der Waals surface area contributed by atoms with Crippen molar-refractivity contribution >= 4 is 56.9 Å². The molecule has 0 bridgehead atoms. The maximum atomic E-state index is 11.6. The first-order valence-electron chi connectivity index (χ1n) is 9.28. The molecule has 0 spiro atoms. The Labute approximate surface area is 177 Å². The van der Waals surface area contributed by atoms with Gasteiger partial charge in [-0.25, -0.2) is 23.5 Å². The molecule has 7 nitrogen and oxygen atoms in total. The van der Waals surface area contributed by atoms with Gasteiger partial charge in [-0.15, -0.1) is 18.5 Å². The second-order valence-corrected chi connectivity index (χ2v) is 9.60. The number of nitrogens with zero attached hydrogens (tertiary/aromatic N) is 4. The normalized spacial score (nSPS) is 16.7. The molecule has 1 aromatic carbocycles. The molecule has 0 aliphatic carbocycles. The van der Waals surface area contributed by atoms with Crippen molar-refractivity contribution in [2.75, 3.05) is 24.7 Å². The highest BCUT2D eigenvalue weighted by molar-refractivity contribution is 7.81. The first kappa shape index (κ1) is 20.5. The Bertz CT molecular complexity index is 1060. The van der Waals surface area contributed by atoms with Crippen molar-refractivity contribution in [3.05, 3.63) is 36.7 Å². The standard InChI is InChI=1S/C19H23N5O2P2S/c1-29(25)24-6-4-13(5-7-24)22-19-21-10-12-8-18(20-11-15(12)23-19)26-16-3-2-14(27)9-17(16)28/h2-3,8-11,13H,4-7,27-28H2,1H3,(H,21,22,23). The van der Waals surface area contributed by atoms with Gasteiger partial charge < -0.3 is 10.1 Å². The van der Waals surface area contributed by atoms with Gasteiger partial charge in [-0.3, -0.25) is 0 Å². The molecule has 3 atom stereocenters. The Kier molecular flexibility index (Phi) is 6.35. The number of nitrogens with one attached hydrogen (secondary N) is 1. The third-order valence-electron chi connectivity index (χ3n) is 4.84. The summed E-state index contributed by atoms with van der Waals surface area (Å²) in [6.07, 6.45) is 7.04. The molecule has 1 fully saturated rings. The van der Waals surface area contributed by atoms with Gasteiger partial charge in [0.05, 0.1) is 22.7 Å². The summed E-state index contributed by atoms with van der Waals surface area (Å²) >= 11 is 0. The molecule has 1 N–H and O–H groups in total. The Morgan fingerprint density at radius 3 is 2.69 bits per heavy atom. The molecule has 1 aliphatic heterocycles. The van der Waals surface area contributed by atoms with Crippen LogP contribution in [0.15, 0.2) is 36.7 Å². The Balaban J connectivity index is 1.45. The van der Waals surface area contributed by atoms with Crippen LogP contribution in [0, 0.1) is 0 Å². The van der Waals surface area contributed by atoms with Gasteiger partial charge in [0.1, 0.15) is 5.75 Å². The minimum Gasteiger partial charge on any atom is -0.438 e. The fourth-order valence-corrected chi connectivity index (χ4v) is 4.79. The summed E-state index contributed by atoms with van der Waals surface area (Å²) in [4.78, 5) is 13.4. The Morgan fingerprint density at radius 1 is 1.17 bits per heavy atom. The quantitative estimate of drug-likeness (QED) is 0.603. The summed E-state index contributed by atoms with van der Waals surface area (Å²) in [6.45, 7) is 1.62. The number of benzene rings is 1. The van der Waals surface area contributed by atoms with Crippen LogP contribution >= 0.6 is 18.5 Å². The Morgan fingerprint density at radius 2 is 1.97 bits per heavy atom. The summed E-state index contributed by atoms with van der Waals surface area (Å²) < 4.78 is 19.5. The fraction of sp³-hybridized carbons (Fsp3) is 0.316. The van der Waals surface area contributed by atoms with Crippen LogP contribution in [0.3, 0.4) is 0 Å². The van der Waals surface area contributed by atoms with Crippen molar-refractivity contribution in [3.8, 4) is 11.6 Å². The van der Waals surface area contributed by atoms with Crippen molar-refractivity contribution in [2.45, 2.75) is 18.9 Å². The topological polar surface area (TPSA) is 80.2 Å². The highest BCUT2D eigenvalue weighted by Crippen LogP contribution is 2.23. The van der Waals surface area contributed by atoms with E-state index >= 15 is 0 Å². The van der Waals surface area contributed by atoms with E-state index in [0.717, 1.165) is 53.2 Å². The van der Waals surface area contributed by atoms with Crippen molar-refractivity contribution in [2.24, 2.45) is 0 Å². The molecule has 4 rings (SSSR count). The minimum atomic E-state index is -0.900. The molecular weight excluding hydrogens is 424 g/mol. The van der Waals surface area contributed by atoms with Crippen LogP contribution < -0.4 is 20.7 Å². The van der Waals surface area contributed by atoms with E-state index in [1.54, 1.807) is 18.6 Å². The van der Waals surface area contributed by atoms with Crippen LogP contribution in [-0.4, -0.2) is 48.9 Å². The molecule has 0 amide bonds. The van der Waals surface area contributed by atoms with Gasteiger partial charge in [-0.1, -0.05) is 6.07 Å². The Hall–Kier alpha value is -1.72. The van der Waals surface area contributed by atoms with Crippen molar-refractivity contribution in [1.82, 2.24) is 19.3 Å². The first-order chi connectivity index (χ1) is 14.0. The number of rotatable bonds is 5. The number of hydrogen-bond acceptors (Lipinski definition) is 6. The fourth-order valence-electron chi connectivity index (χ4n) is 3.25. The zero-order valence-electron chi connectivity index (χ0n) is 16.0. The first-order valence-corrected chi connectivity index (χ1v) is 12.0. The number of fused-ring (bicyclic) bond motifs is 1. The van der Waals surface area contributed by atoms with E-state index in [4.69, 9.17) is 4.74 Å². The van der Waals surface area contributed by atoms with E-state index in [-0.39, 0.29) is 6.04 Å².